The van der Waals surface area contributed by atoms with Crippen LogP contribution >= 0.6 is 0 Å². The molecule has 4 nitrogen and oxygen atoms in total. The van der Waals surface area contributed by atoms with E-state index < -0.39 is 35.0 Å². The molecule has 0 N–H and O–H groups in total. The Bertz CT molecular complexity index is 1110. The molecule has 0 aromatic heterocycles. The number of ether oxygens (including phenoxy) is 3. The molecule has 0 spiro atoms. The molecule has 1 aliphatic carbocycles. The number of hydrogen-bond donors (Lipinski definition) is 0. The van der Waals surface area contributed by atoms with Crippen LogP contribution in [0.1, 0.15) is 19.4 Å². The number of esters is 1. The van der Waals surface area contributed by atoms with Crippen molar-refractivity contribution in [1.82, 2.24) is 0 Å². The third kappa shape index (κ3) is 4.72. The van der Waals surface area contributed by atoms with Crippen molar-refractivity contribution in [2.24, 2.45) is 11.3 Å². The van der Waals surface area contributed by atoms with Crippen molar-refractivity contribution < 1.29 is 32.2 Å². The topological polar surface area (TPSA) is 44.8 Å². The monoisotopic (exact) mass is 442 g/mol. The van der Waals surface area contributed by atoms with Gasteiger partial charge in [-0.2, -0.15) is 0 Å². The summed E-state index contributed by atoms with van der Waals surface area (Å²) in [5, 5.41) is 0. The third-order valence-electron chi connectivity index (χ3n) is 5.48. The number of hydrogen-bond acceptors (Lipinski definition) is 4. The van der Waals surface area contributed by atoms with Crippen molar-refractivity contribution >= 4 is 5.97 Å². The minimum absolute atomic E-state index is 0.0607. The van der Waals surface area contributed by atoms with Crippen LogP contribution in [-0.2, 0) is 16.1 Å². The quantitative estimate of drug-likeness (QED) is 0.419. The van der Waals surface area contributed by atoms with Gasteiger partial charge in [-0.05, 0) is 66.2 Å². The average molecular weight is 442 g/mol. The highest BCUT2D eigenvalue weighted by molar-refractivity contribution is 5.78. The van der Waals surface area contributed by atoms with E-state index in [4.69, 9.17) is 14.2 Å². The molecule has 0 bridgehead atoms. The minimum atomic E-state index is -0.597. The molecule has 3 aromatic carbocycles. The Morgan fingerprint density at radius 1 is 0.875 bits per heavy atom. The van der Waals surface area contributed by atoms with Gasteiger partial charge in [0.15, 0.2) is 11.6 Å². The molecule has 3 aromatic rings. The van der Waals surface area contributed by atoms with Crippen LogP contribution in [0, 0.1) is 28.8 Å². The lowest BCUT2D eigenvalue weighted by Gasteiger charge is -2.10. The molecule has 1 fully saturated rings. The zero-order valence-corrected chi connectivity index (χ0v) is 17.5. The second kappa shape index (κ2) is 8.57. The summed E-state index contributed by atoms with van der Waals surface area (Å²) in [5.41, 5.74) is 0.0943. The normalized spacial score (nSPS) is 18.7. The summed E-state index contributed by atoms with van der Waals surface area (Å²) in [5.74, 6) is -1.63. The van der Waals surface area contributed by atoms with Crippen LogP contribution in [-0.4, -0.2) is 12.1 Å². The fourth-order valence-corrected chi connectivity index (χ4v) is 3.49. The first-order chi connectivity index (χ1) is 15.2. The lowest BCUT2D eigenvalue weighted by molar-refractivity contribution is -0.147. The molecule has 0 aliphatic heterocycles. The second-order valence-corrected chi connectivity index (χ2v) is 8.22. The fourth-order valence-electron chi connectivity index (χ4n) is 3.49. The molecule has 32 heavy (non-hydrogen) atoms. The first-order valence-corrected chi connectivity index (χ1v) is 10.0. The first-order valence-electron chi connectivity index (χ1n) is 10.0. The summed E-state index contributed by atoms with van der Waals surface area (Å²) < 4.78 is 56.9. The maximum Gasteiger partial charge on any atom is 0.313 e. The van der Waals surface area contributed by atoms with E-state index in [-0.39, 0.29) is 23.9 Å². The number of benzene rings is 3. The molecule has 0 heterocycles. The number of carbonyl (C=O) groups is 1. The Morgan fingerprint density at radius 3 is 2.09 bits per heavy atom. The maximum absolute atomic E-state index is 14.1. The van der Waals surface area contributed by atoms with Crippen molar-refractivity contribution in [3.63, 3.8) is 0 Å². The molecule has 0 amide bonds. The summed E-state index contributed by atoms with van der Waals surface area (Å²) in [4.78, 5) is 12.6. The molecule has 4 rings (SSSR count). The van der Waals surface area contributed by atoms with Gasteiger partial charge in [-0.3, -0.25) is 4.79 Å². The fraction of sp³-hybridized carbons (Fsp3) is 0.240. The average Bonchev–Trinajstić information content (AvgIpc) is 3.31. The van der Waals surface area contributed by atoms with Gasteiger partial charge in [0.1, 0.15) is 41.8 Å². The number of rotatable bonds is 7. The summed E-state index contributed by atoms with van der Waals surface area (Å²) in [7, 11) is 0. The summed E-state index contributed by atoms with van der Waals surface area (Å²) in [6.07, 6.45) is -0.397. The predicted molar refractivity (Wildman–Crippen MR) is 111 cm³/mol. The molecular formula is C25H21F3O4. The molecule has 0 radical (unpaired) electrons. The molecule has 0 saturated heterocycles. The molecule has 2 atom stereocenters. The van der Waals surface area contributed by atoms with Crippen molar-refractivity contribution in [3.05, 3.63) is 89.7 Å². The van der Waals surface area contributed by atoms with Crippen LogP contribution in [0.15, 0.2) is 66.7 Å². The van der Waals surface area contributed by atoms with E-state index in [1.165, 1.54) is 66.7 Å². The zero-order valence-electron chi connectivity index (χ0n) is 17.5. The predicted octanol–water partition coefficient (Wildman–Crippen LogP) is 6.04. The highest BCUT2D eigenvalue weighted by atomic mass is 19.1. The van der Waals surface area contributed by atoms with Gasteiger partial charge in [0.2, 0.25) is 0 Å². The Morgan fingerprint density at radius 2 is 1.47 bits per heavy atom. The van der Waals surface area contributed by atoms with Gasteiger partial charge in [-0.25, -0.2) is 13.2 Å². The molecule has 2 unspecified atom stereocenters. The number of carbonyl (C=O) groups excluding carboxylic acids is 1. The van der Waals surface area contributed by atoms with Gasteiger partial charge in [0, 0.05) is 5.41 Å². The van der Waals surface area contributed by atoms with Gasteiger partial charge in [0.25, 0.3) is 0 Å². The van der Waals surface area contributed by atoms with E-state index in [0.717, 1.165) is 0 Å². The molecule has 1 aliphatic rings. The van der Waals surface area contributed by atoms with Gasteiger partial charge in [-0.15, -0.1) is 0 Å². The number of halogens is 3. The minimum Gasteiger partial charge on any atom is -0.489 e. The lowest BCUT2D eigenvalue weighted by Crippen LogP contribution is -2.12. The zero-order chi connectivity index (χ0) is 22.9. The van der Waals surface area contributed by atoms with Crippen molar-refractivity contribution in [1.29, 1.82) is 0 Å². The van der Waals surface area contributed by atoms with Crippen molar-refractivity contribution in [2.75, 3.05) is 0 Å². The summed E-state index contributed by atoms with van der Waals surface area (Å²) in [6, 6.07) is 14.9. The van der Waals surface area contributed by atoms with E-state index in [2.05, 4.69) is 0 Å². The van der Waals surface area contributed by atoms with Gasteiger partial charge >= 0.3 is 5.97 Å². The van der Waals surface area contributed by atoms with Gasteiger partial charge in [-0.1, -0.05) is 19.9 Å². The van der Waals surface area contributed by atoms with Gasteiger partial charge < -0.3 is 14.2 Å². The largest absolute Gasteiger partial charge is 0.489 e. The Labute approximate surface area is 183 Å². The lowest BCUT2D eigenvalue weighted by atomic mass is 10.1. The SMILES string of the molecule is CC1(C)C(Oc2ccc(F)cc2)C1C(=O)OCc1ccc(F)c(Oc2ccc(F)cc2)c1. The Hall–Kier alpha value is -3.48. The van der Waals surface area contributed by atoms with E-state index >= 15 is 0 Å². The standard InChI is InChI=1S/C25H21F3O4/c1-25(2)22(23(25)32-19-10-6-17(27)7-11-19)24(29)30-14-15-3-12-20(28)21(13-15)31-18-8-4-16(26)5-9-18/h3-13,22-23H,14H2,1-2H3. The first kappa shape index (κ1) is 21.7. The third-order valence-corrected chi connectivity index (χ3v) is 5.48. The summed E-state index contributed by atoms with van der Waals surface area (Å²) in [6.45, 7) is 3.70. The second-order valence-electron chi connectivity index (χ2n) is 8.22. The van der Waals surface area contributed by atoms with Crippen LogP contribution in [0.2, 0.25) is 0 Å². The highest BCUT2D eigenvalue weighted by Crippen LogP contribution is 2.54. The van der Waals surface area contributed by atoms with E-state index in [0.29, 0.717) is 11.3 Å². The van der Waals surface area contributed by atoms with Crippen LogP contribution in [0.4, 0.5) is 13.2 Å². The molecule has 7 heteroatoms. The van der Waals surface area contributed by atoms with E-state index in [9.17, 15) is 18.0 Å². The van der Waals surface area contributed by atoms with Crippen molar-refractivity contribution in [3.8, 4) is 17.2 Å². The van der Waals surface area contributed by atoms with Crippen LogP contribution < -0.4 is 9.47 Å². The Kier molecular flexibility index (Phi) is 5.82. The molecule has 1 saturated carbocycles. The summed E-state index contributed by atoms with van der Waals surface area (Å²) >= 11 is 0. The molecular weight excluding hydrogens is 421 g/mol. The van der Waals surface area contributed by atoms with E-state index in [1.807, 2.05) is 13.8 Å². The molecule has 166 valence electrons. The van der Waals surface area contributed by atoms with Crippen molar-refractivity contribution in [2.45, 2.75) is 26.6 Å². The van der Waals surface area contributed by atoms with Crippen LogP contribution in [0.25, 0.3) is 0 Å². The Balaban J connectivity index is 1.37. The van der Waals surface area contributed by atoms with E-state index in [1.54, 1.807) is 0 Å². The van der Waals surface area contributed by atoms with Gasteiger partial charge in [0.05, 0.1) is 0 Å². The highest BCUT2D eigenvalue weighted by Gasteiger charge is 2.65. The maximum atomic E-state index is 14.1. The van der Waals surface area contributed by atoms with Crippen LogP contribution in [0.5, 0.6) is 17.2 Å². The smallest absolute Gasteiger partial charge is 0.313 e. The van der Waals surface area contributed by atoms with Crippen LogP contribution in [0.3, 0.4) is 0 Å².